The summed E-state index contributed by atoms with van der Waals surface area (Å²) < 4.78 is 11.0. The van der Waals surface area contributed by atoms with E-state index in [0.717, 1.165) is 42.6 Å². The Bertz CT molecular complexity index is 896. The lowest BCUT2D eigenvalue weighted by Gasteiger charge is -2.20. The third kappa shape index (κ3) is 5.32. The van der Waals surface area contributed by atoms with Crippen LogP contribution in [0.1, 0.15) is 44.2 Å². The van der Waals surface area contributed by atoms with Gasteiger partial charge in [-0.2, -0.15) is 0 Å². The Labute approximate surface area is 171 Å². The van der Waals surface area contributed by atoms with Gasteiger partial charge in [0.2, 0.25) is 11.8 Å². The van der Waals surface area contributed by atoms with Crippen molar-refractivity contribution < 1.29 is 13.6 Å². The molecule has 7 nitrogen and oxygen atoms in total. The average Bonchev–Trinajstić information content (AvgIpc) is 3.40. The molecule has 2 aromatic heterocycles. The van der Waals surface area contributed by atoms with Crippen molar-refractivity contribution in [3.8, 4) is 11.7 Å². The third-order valence-corrected chi connectivity index (χ3v) is 4.73. The highest BCUT2D eigenvalue weighted by Crippen LogP contribution is 2.23. The van der Waals surface area contributed by atoms with Gasteiger partial charge in [0, 0.05) is 5.69 Å². The minimum atomic E-state index is -0.0418. The van der Waals surface area contributed by atoms with Crippen LogP contribution in [-0.2, 0) is 24.2 Å². The fourth-order valence-electron chi connectivity index (χ4n) is 3.32. The number of aryl methyl sites for hydroxylation is 2. The summed E-state index contributed by atoms with van der Waals surface area (Å²) >= 11 is 0. The molecule has 29 heavy (non-hydrogen) atoms. The first-order valence-electron chi connectivity index (χ1n) is 10.1. The number of aromatic nitrogens is 2. The topological polar surface area (TPSA) is 84.4 Å². The lowest BCUT2D eigenvalue weighted by molar-refractivity contribution is -0.117. The van der Waals surface area contributed by atoms with E-state index in [0.29, 0.717) is 24.1 Å². The monoisotopic (exact) mass is 396 g/mol. The second-order valence-electron chi connectivity index (χ2n) is 6.90. The van der Waals surface area contributed by atoms with Crippen molar-refractivity contribution in [2.45, 2.75) is 46.6 Å². The first-order valence-corrected chi connectivity index (χ1v) is 10.1. The van der Waals surface area contributed by atoms with Gasteiger partial charge in [-0.15, -0.1) is 10.2 Å². The van der Waals surface area contributed by atoms with Crippen LogP contribution in [0.3, 0.4) is 0 Å². The normalized spacial score (nSPS) is 11.2. The van der Waals surface area contributed by atoms with Gasteiger partial charge >= 0.3 is 0 Å². The van der Waals surface area contributed by atoms with Gasteiger partial charge in [-0.1, -0.05) is 39.0 Å². The molecule has 0 bridgehead atoms. The molecular weight excluding hydrogens is 368 g/mol. The molecule has 1 aromatic carbocycles. The Hall–Kier alpha value is -2.93. The number of furan rings is 1. The van der Waals surface area contributed by atoms with Crippen LogP contribution >= 0.6 is 0 Å². The molecule has 3 aromatic rings. The van der Waals surface area contributed by atoms with Gasteiger partial charge in [0.1, 0.15) is 0 Å². The van der Waals surface area contributed by atoms with Crippen molar-refractivity contribution in [3.63, 3.8) is 0 Å². The van der Waals surface area contributed by atoms with E-state index in [1.54, 1.807) is 18.4 Å². The van der Waals surface area contributed by atoms with Crippen molar-refractivity contribution >= 4 is 11.6 Å². The number of hydrogen-bond donors (Lipinski definition) is 1. The number of nitrogens with one attached hydrogen (secondary N) is 1. The number of hydrogen-bond acceptors (Lipinski definition) is 6. The summed E-state index contributed by atoms with van der Waals surface area (Å²) in [6.45, 7) is 7.69. The quantitative estimate of drug-likeness (QED) is 0.550. The second-order valence-corrected chi connectivity index (χ2v) is 6.90. The minimum Gasteiger partial charge on any atom is -0.459 e. The van der Waals surface area contributed by atoms with Crippen LogP contribution in [0.15, 0.2) is 45.4 Å². The van der Waals surface area contributed by atoms with E-state index < -0.39 is 0 Å². The van der Waals surface area contributed by atoms with E-state index in [4.69, 9.17) is 8.83 Å². The first-order chi connectivity index (χ1) is 14.1. The van der Waals surface area contributed by atoms with E-state index >= 15 is 0 Å². The molecule has 0 saturated heterocycles. The van der Waals surface area contributed by atoms with Gasteiger partial charge in [0.15, 0.2) is 5.76 Å². The zero-order valence-electron chi connectivity index (χ0n) is 17.3. The van der Waals surface area contributed by atoms with Crippen molar-refractivity contribution in [1.29, 1.82) is 0 Å². The van der Waals surface area contributed by atoms with Crippen LogP contribution in [0.2, 0.25) is 0 Å². The predicted octanol–water partition coefficient (Wildman–Crippen LogP) is 4.31. The maximum atomic E-state index is 12.8. The summed E-state index contributed by atoms with van der Waals surface area (Å²) in [5.74, 6) is 1.29. The molecule has 0 radical (unpaired) electrons. The lowest BCUT2D eigenvalue weighted by atomic mass is 10.0. The molecule has 0 aliphatic heterocycles. The zero-order valence-corrected chi connectivity index (χ0v) is 17.3. The fourth-order valence-corrected chi connectivity index (χ4v) is 3.32. The maximum Gasteiger partial charge on any atom is 0.283 e. The van der Waals surface area contributed by atoms with Crippen LogP contribution in [0.4, 0.5) is 5.69 Å². The van der Waals surface area contributed by atoms with Gasteiger partial charge in [-0.3, -0.25) is 9.69 Å². The number of nitrogens with zero attached hydrogens (tertiary/aromatic N) is 3. The number of carbonyl (C=O) groups excluding carboxylic acids is 1. The van der Waals surface area contributed by atoms with Crippen molar-refractivity contribution in [2.24, 2.45) is 0 Å². The van der Waals surface area contributed by atoms with E-state index in [-0.39, 0.29) is 12.5 Å². The molecule has 0 atom stereocenters. The zero-order chi connectivity index (χ0) is 20.6. The lowest BCUT2D eigenvalue weighted by Crippen LogP contribution is -2.34. The van der Waals surface area contributed by atoms with Crippen molar-refractivity contribution in [3.05, 3.63) is 53.6 Å². The standard InChI is InChI=1S/C22H28N4O3/c1-4-12-26(15-20-24-25-22(29-20)18-11-8-13-28-18)14-19(27)23-21-16(5-2)9-7-10-17(21)6-3/h7-11,13H,4-6,12,14-15H2,1-3H3,(H,23,27). The van der Waals surface area contributed by atoms with Crippen molar-refractivity contribution in [2.75, 3.05) is 18.4 Å². The molecule has 0 aliphatic rings. The average molecular weight is 396 g/mol. The van der Waals surface area contributed by atoms with Gasteiger partial charge in [-0.05, 0) is 49.1 Å². The Morgan fingerprint density at radius 3 is 2.45 bits per heavy atom. The molecule has 3 rings (SSSR count). The van der Waals surface area contributed by atoms with Crippen LogP contribution in [0.5, 0.6) is 0 Å². The van der Waals surface area contributed by atoms with Crippen LogP contribution in [-0.4, -0.2) is 34.1 Å². The van der Waals surface area contributed by atoms with E-state index in [1.807, 2.05) is 11.0 Å². The molecule has 0 fully saturated rings. The SMILES string of the molecule is CCCN(CC(=O)Nc1c(CC)cccc1CC)Cc1nnc(-c2ccco2)o1. The number of para-hydroxylation sites is 1. The number of benzene rings is 1. The summed E-state index contributed by atoms with van der Waals surface area (Å²) in [6.07, 6.45) is 4.23. The molecular formula is C22H28N4O3. The Balaban J connectivity index is 1.67. The second kappa shape index (κ2) is 10.0. The maximum absolute atomic E-state index is 12.8. The largest absolute Gasteiger partial charge is 0.459 e. The molecule has 154 valence electrons. The van der Waals surface area contributed by atoms with E-state index in [9.17, 15) is 4.79 Å². The number of anilines is 1. The smallest absolute Gasteiger partial charge is 0.283 e. The molecule has 0 saturated carbocycles. The Morgan fingerprint density at radius 2 is 1.83 bits per heavy atom. The highest BCUT2D eigenvalue weighted by Gasteiger charge is 2.17. The number of amides is 1. The minimum absolute atomic E-state index is 0.0418. The molecule has 1 amide bonds. The molecule has 2 heterocycles. The Kier molecular flexibility index (Phi) is 7.19. The highest BCUT2D eigenvalue weighted by atomic mass is 16.4. The summed E-state index contributed by atoms with van der Waals surface area (Å²) in [4.78, 5) is 14.8. The molecule has 0 unspecified atom stereocenters. The van der Waals surface area contributed by atoms with Crippen LogP contribution < -0.4 is 5.32 Å². The highest BCUT2D eigenvalue weighted by molar-refractivity contribution is 5.93. The Morgan fingerprint density at radius 1 is 1.07 bits per heavy atom. The van der Waals surface area contributed by atoms with Crippen LogP contribution in [0.25, 0.3) is 11.7 Å². The van der Waals surface area contributed by atoms with E-state index in [1.165, 1.54) is 0 Å². The van der Waals surface area contributed by atoms with Gasteiger partial charge in [0.25, 0.3) is 5.89 Å². The number of rotatable bonds is 10. The summed E-state index contributed by atoms with van der Waals surface area (Å²) in [7, 11) is 0. The summed E-state index contributed by atoms with van der Waals surface area (Å²) in [5, 5.41) is 11.2. The summed E-state index contributed by atoms with van der Waals surface area (Å²) in [5.41, 5.74) is 3.25. The van der Waals surface area contributed by atoms with Crippen LogP contribution in [0, 0.1) is 0 Å². The van der Waals surface area contributed by atoms with Gasteiger partial charge in [0.05, 0.1) is 19.4 Å². The molecule has 0 aliphatic carbocycles. The predicted molar refractivity (Wildman–Crippen MR) is 111 cm³/mol. The summed E-state index contributed by atoms with van der Waals surface area (Å²) in [6, 6.07) is 9.71. The van der Waals surface area contributed by atoms with Crippen molar-refractivity contribution in [1.82, 2.24) is 15.1 Å². The fraction of sp³-hybridized carbons (Fsp3) is 0.409. The molecule has 0 spiro atoms. The number of carbonyl (C=O) groups is 1. The van der Waals surface area contributed by atoms with E-state index in [2.05, 4.69) is 48.4 Å². The molecule has 7 heteroatoms. The van der Waals surface area contributed by atoms with Gasteiger partial charge < -0.3 is 14.2 Å². The first kappa shape index (κ1) is 20.8. The van der Waals surface area contributed by atoms with Gasteiger partial charge in [-0.25, -0.2) is 0 Å². The molecule has 1 N–H and O–H groups in total. The third-order valence-electron chi connectivity index (χ3n) is 4.73.